The number of amides is 1. The van der Waals surface area contributed by atoms with Gasteiger partial charge in [-0.05, 0) is 108 Å². The predicted molar refractivity (Wildman–Crippen MR) is 200 cm³/mol. The monoisotopic (exact) mass is 745 g/mol. The third kappa shape index (κ3) is 10.1. The van der Waals surface area contributed by atoms with E-state index in [1.165, 1.54) is 0 Å². The number of aliphatic hydroxyl groups is 1. The summed E-state index contributed by atoms with van der Waals surface area (Å²) in [5.41, 5.74) is 0.626. The van der Waals surface area contributed by atoms with Crippen LogP contribution in [0.1, 0.15) is 99.8 Å². The van der Waals surface area contributed by atoms with Crippen LogP contribution in [0.5, 0.6) is 0 Å². The average Bonchev–Trinajstić information content (AvgIpc) is 3.67. The normalized spacial score (nSPS) is 33.9. The highest BCUT2D eigenvalue weighted by Crippen LogP contribution is 2.43. The van der Waals surface area contributed by atoms with Gasteiger partial charge in [0.2, 0.25) is 0 Å². The van der Waals surface area contributed by atoms with Gasteiger partial charge in [-0.1, -0.05) is 45.2 Å². The molecule has 1 unspecified atom stereocenters. The van der Waals surface area contributed by atoms with Gasteiger partial charge in [-0.15, -0.1) is 0 Å². The van der Waals surface area contributed by atoms with Crippen LogP contribution < -0.4 is 0 Å². The smallest absolute Gasteiger partial charge is 0.412 e. The summed E-state index contributed by atoms with van der Waals surface area (Å²) in [5.74, 6) is -0.190. The zero-order valence-corrected chi connectivity index (χ0v) is 33.2. The standard InChI is InChI=1S/C41H63NO9S/c1-26-20-31(17-18-35-27(2)21-30(47-35)14-13-19-43)48-37(28(26)3)23-38-34(25-52(45,46)33-15-11-10-12-16-33)29(4)36(49-38)22-32-24-42(41(8,9)50-32)39(44)51-40(5,6)7/h10-12,15-16,26,29-32,34-38,43H,2-3,13-14,17-25H2,1,4-9H3/t26-,29-,30+,31+,32+,34-,35?,36-,37-,38+/m1/s1. The van der Waals surface area contributed by atoms with Gasteiger partial charge in [0.05, 0.1) is 59.9 Å². The van der Waals surface area contributed by atoms with Crippen molar-refractivity contribution in [3.05, 3.63) is 54.6 Å². The first-order valence-corrected chi connectivity index (χ1v) is 20.9. The number of nitrogens with zero attached hydrogens (tertiary/aromatic N) is 1. The van der Waals surface area contributed by atoms with Crippen molar-refractivity contribution in [2.24, 2.45) is 17.8 Å². The van der Waals surface area contributed by atoms with Gasteiger partial charge in [-0.3, -0.25) is 4.90 Å². The van der Waals surface area contributed by atoms with Gasteiger partial charge in [0.15, 0.2) is 9.84 Å². The number of ether oxygens (including phenoxy) is 5. The van der Waals surface area contributed by atoms with Crippen molar-refractivity contribution in [2.45, 2.75) is 159 Å². The van der Waals surface area contributed by atoms with E-state index in [2.05, 4.69) is 27.0 Å². The van der Waals surface area contributed by atoms with Gasteiger partial charge in [-0.2, -0.15) is 0 Å². The van der Waals surface area contributed by atoms with Crippen LogP contribution in [-0.2, 0) is 33.5 Å². The summed E-state index contributed by atoms with van der Waals surface area (Å²) in [5, 5.41) is 9.24. The van der Waals surface area contributed by atoms with Gasteiger partial charge in [0.1, 0.15) is 11.3 Å². The number of sulfone groups is 1. The van der Waals surface area contributed by atoms with Crippen molar-refractivity contribution in [3.63, 3.8) is 0 Å². The van der Waals surface area contributed by atoms with Crippen LogP contribution in [0.3, 0.4) is 0 Å². The van der Waals surface area contributed by atoms with Crippen molar-refractivity contribution in [2.75, 3.05) is 18.9 Å². The SMILES string of the molecule is C=C1C[C@H](CCCO)OC1CC[C@H]1C[C@@H](C)C(=C)[C@@H](C[C@@H]2O[C@H](C[C@H]3CN(C(=O)OC(C)(C)C)C(C)(C)O3)[C@H](C)[C@H]2CS(=O)(=O)c2ccccc2)O1. The van der Waals surface area contributed by atoms with Crippen LogP contribution in [0.25, 0.3) is 0 Å². The molecule has 0 spiro atoms. The lowest BCUT2D eigenvalue weighted by molar-refractivity contribution is -0.0948. The summed E-state index contributed by atoms with van der Waals surface area (Å²) >= 11 is 0. The minimum atomic E-state index is -3.61. The molecular formula is C41H63NO9S. The highest BCUT2D eigenvalue weighted by Gasteiger charge is 2.50. The molecule has 1 N–H and O–H groups in total. The van der Waals surface area contributed by atoms with E-state index in [9.17, 15) is 18.3 Å². The Hall–Kier alpha value is -2.28. The van der Waals surface area contributed by atoms with Crippen molar-refractivity contribution in [1.29, 1.82) is 0 Å². The van der Waals surface area contributed by atoms with Gasteiger partial charge in [0.25, 0.3) is 0 Å². The lowest BCUT2D eigenvalue weighted by Gasteiger charge is -2.38. The summed E-state index contributed by atoms with van der Waals surface area (Å²) in [6.45, 7) is 22.8. The predicted octanol–water partition coefficient (Wildman–Crippen LogP) is 7.25. The second kappa shape index (κ2) is 16.6. The number of hydrogen-bond acceptors (Lipinski definition) is 9. The maximum Gasteiger partial charge on any atom is 0.412 e. The maximum absolute atomic E-state index is 13.8. The molecule has 0 saturated carbocycles. The molecule has 5 rings (SSSR count). The van der Waals surface area contributed by atoms with Crippen molar-refractivity contribution in [3.8, 4) is 0 Å². The fraction of sp³-hybridized carbons (Fsp3) is 0.732. The van der Waals surface area contributed by atoms with Crippen molar-refractivity contribution >= 4 is 15.9 Å². The molecule has 0 radical (unpaired) electrons. The summed E-state index contributed by atoms with van der Waals surface area (Å²) in [6, 6.07) is 8.62. The van der Waals surface area contributed by atoms with Crippen molar-refractivity contribution < 1.29 is 42.0 Å². The van der Waals surface area contributed by atoms with Crippen LogP contribution in [0, 0.1) is 17.8 Å². The van der Waals surface area contributed by atoms with Gasteiger partial charge in [0, 0.05) is 25.4 Å². The van der Waals surface area contributed by atoms with Crippen LogP contribution >= 0.6 is 0 Å². The Balaban J connectivity index is 1.29. The topological polar surface area (TPSA) is 121 Å². The van der Waals surface area contributed by atoms with E-state index in [0.717, 1.165) is 49.7 Å². The van der Waals surface area contributed by atoms with E-state index >= 15 is 0 Å². The minimum Gasteiger partial charge on any atom is -0.444 e. The van der Waals surface area contributed by atoms with Crippen LogP contribution in [0.4, 0.5) is 4.79 Å². The number of benzene rings is 1. The lowest BCUT2D eigenvalue weighted by Crippen LogP contribution is -2.46. The van der Waals surface area contributed by atoms with Crippen LogP contribution in [-0.4, -0.2) is 97.5 Å². The molecule has 4 aliphatic rings. The Bertz CT molecular complexity index is 1510. The summed E-state index contributed by atoms with van der Waals surface area (Å²) in [7, 11) is -3.61. The first-order valence-electron chi connectivity index (χ1n) is 19.3. The zero-order chi connectivity index (χ0) is 38.0. The highest BCUT2D eigenvalue weighted by atomic mass is 32.2. The van der Waals surface area contributed by atoms with E-state index < -0.39 is 27.3 Å². The Kier molecular flexibility index (Phi) is 13.1. The van der Waals surface area contributed by atoms with E-state index in [-0.39, 0.29) is 72.8 Å². The Labute approximate surface area is 312 Å². The summed E-state index contributed by atoms with van der Waals surface area (Å²) in [6.07, 6.45) is 4.36. The molecular weight excluding hydrogens is 683 g/mol. The molecule has 0 aromatic heterocycles. The minimum absolute atomic E-state index is 0.00690. The molecule has 1 aromatic carbocycles. The largest absolute Gasteiger partial charge is 0.444 e. The number of carbonyl (C=O) groups excluding carboxylic acids is 1. The maximum atomic E-state index is 13.8. The molecule has 4 heterocycles. The second-order valence-corrected chi connectivity index (χ2v) is 19.1. The summed E-state index contributed by atoms with van der Waals surface area (Å²) in [4.78, 5) is 15.0. The van der Waals surface area contributed by atoms with E-state index in [1.807, 2.05) is 40.7 Å². The fourth-order valence-corrected chi connectivity index (χ4v) is 10.3. The van der Waals surface area contributed by atoms with E-state index in [4.69, 9.17) is 23.7 Å². The number of aliphatic hydroxyl groups excluding tert-OH is 1. The van der Waals surface area contributed by atoms with Gasteiger partial charge in [-0.25, -0.2) is 13.2 Å². The molecule has 4 fully saturated rings. The van der Waals surface area contributed by atoms with Crippen LogP contribution in [0.15, 0.2) is 59.5 Å². The second-order valence-electron chi connectivity index (χ2n) is 17.1. The van der Waals surface area contributed by atoms with Gasteiger partial charge < -0.3 is 28.8 Å². The van der Waals surface area contributed by atoms with Crippen LogP contribution in [0.2, 0.25) is 0 Å². The van der Waals surface area contributed by atoms with Crippen molar-refractivity contribution in [1.82, 2.24) is 4.90 Å². The molecule has 10 atom stereocenters. The molecule has 4 saturated heterocycles. The zero-order valence-electron chi connectivity index (χ0n) is 32.4. The average molecular weight is 746 g/mol. The third-order valence-corrected chi connectivity index (χ3v) is 13.2. The van der Waals surface area contributed by atoms with E-state index in [1.54, 1.807) is 29.2 Å². The number of hydrogen-bond donors (Lipinski definition) is 1. The highest BCUT2D eigenvalue weighted by molar-refractivity contribution is 7.91. The summed E-state index contributed by atoms with van der Waals surface area (Å²) < 4.78 is 59.6. The lowest BCUT2D eigenvalue weighted by atomic mass is 9.82. The Morgan fingerprint density at radius 2 is 1.65 bits per heavy atom. The third-order valence-electron chi connectivity index (χ3n) is 11.4. The number of rotatable bonds is 13. The molecule has 10 nitrogen and oxygen atoms in total. The molecule has 4 aliphatic heterocycles. The molecule has 11 heteroatoms. The molecule has 0 aliphatic carbocycles. The molecule has 1 aromatic rings. The molecule has 1 amide bonds. The van der Waals surface area contributed by atoms with E-state index in [0.29, 0.717) is 24.3 Å². The fourth-order valence-electron chi connectivity index (χ4n) is 8.47. The molecule has 0 bridgehead atoms. The Morgan fingerprint density at radius 3 is 2.33 bits per heavy atom. The first kappa shape index (κ1) is 40.9. The Morgan fingerprint density at radius 1 is 0.962 bits per heavy atom. The molecule has 292 valence electrons. The first-order chi connectivity index (χ1) is 24.4. The quantitative estimate of drug-likeness (QED) is 0.208. The molecule has 52 heavy (non-hydrogen) atoms. The van der Waals surface area contributed by atoms with Gasteiger partial charge >= 0.3 is 6.09 Å². The number of carbonyl (C=O) groups is 1.